The number of carbonyl (C=O) groups is 1. The Morgan fingerprint density at radius 3 is 2.46 bits per heavy atom. The summed E-state index contributed by atoms with van der Waals surface area (Å²) in [5.41, 5.74) is 3.73. The predicted octanol–water partition coefficient (Wildman–Crippen LogP) is 6.51. The summed E-state index contributed by atoms with van der Waals surface area (Å²) in [6.45, 7) is 2.02. The number of benzodiazepines with no additional fused rings is 1. The topological polar surface area (TPSA) is 56.7 Å². The first-order valence-electron chi connectivity index (χ1n) is 11.8. The number of amides is 1. The van der Waals surface area contributed by atoms with Crippen LogP contribution in [0.2, 0.25) is 10.0 Å². The molecule has 37 heavy (non-hydrogen) atoms. The zero-order valence-electron chi connectivity index (χ0n) is 20.2. The lowest BCUT2D eigenvalue weighted by atomic mass is 10.00. The number of hydrogen-bond acceptors (Lipinski definition) is 3. The average molecular weight is 548 g/mol. The second-order valence-corrected chi connectivity index (χ2v) is 10.1. The van der Waals surface area contributed by atoms with Crippen molar-refractivity contribution in [1.29, 1.82) is 0 Å². The Bertz CT molecular complexity index is 1550. The van der Waals surface area contributed by atoms with Crippen LogP contribution in [0.5, 0.6) is 0 Å². The van der Waals surface area contributed by atoms with Gasteiger partial charge in [0, 0.05) is 28.2 Å². The molecular weight excluding hydrogens is 523 g/mol. The molecule has 5 rings (SSSR count). The molecule has 186 valence electrons. The minimum Gasteiger partial charge on any atom is -0.356 e. The van der Waals surface area contributed by atoms with Gasteiger partial charge in [-0.05, 0) is 65.8 Å². The minimum absolute atomic E-state index is 0.0914. The summed E-state index contributed by atoms with van der Waals surface area (Å²) in [5, 5.41) is 10.1. The lowest BCUT2D eigenvalue weighted by Gasteiger charge is -2.23. The van der Waals surface area contributed by atoms with E-state index in [0.717, 1.165) is 10.9 Å². The van der Waals surface area contributed by atoms with Crippen LogP contribution in [-0.4, -0.2) is 29.9 Å². The summed E-state index contributed by atoms with van der Waals surface area (Å²) < 4.78 is 0. The van der Waals surface area contributed by atoms with E-state index < -0.39 is 6.17 Å². The number of anilines is 1. The normalized spacial score (nSPS) is 16.0. The molecule has 0 bridgehead atoms. The summed E-state index contributed by atoms with van der Waals surface area (Å²) in [7, 11) is 1.71. The largest absolute Gasteiger partial charge is 0.356 e. The molecule has 1 aliphatic heterocycles. The highest BCUT2D eigenvalue weighted by Gasteiger charge is 2.31. The van der Waals surface area contributed by atoms with E-state index in [0.29, 0.717) is 37.7 Å². The Labute approximate surface area is 231 Å². The Morgan fingerprint density at radius 2 is 1.68 bits per heavy atom. The minimum atomic E-state index is -0.966. The van der Waals surface area contributed by atoms with Gasteiger partial charge in [0.1, 0.15) is 0 Å². The first kappa shape index (κ1) is 25.2. The summed E-state index contributed by atoms with van der Waals surface area (Å²) in [6, 6.07) is 27.1. The van der Waals surface area contributed by atoms with Gasteiger partial charge in [0.15, 0.2) is 5.11 Å². The van der Waals surface area contributed by atoms with Gasteiger partial charge in [-0.3, -0.25) is 4.79 Å². The molecule has 8 heteroatoms. The Kier molecular flexibility index (Phi) is 7.15. The first-order valence-corrected chi connectivity index (χ1v) is 12.9. The number of rotatable bonds is 4. The summed E-state index contributed by atoms with van der Waals surface area (Å²) >= 11 is 18.5. The van der Waals surface area contributed by atoms with Crippen LogP contribution in [0.3, 0.4) is 0 Å². The van der Waals surface area contributed by atoms with Crippen molar-refractivity contribution >= 4 is 68.6 Å². The predicted molar refractivity (Wildman–Crippen MR) is 157 cm³/mol. The van der Waals surface area contributed by atoms with E-state index in [2.05, 4.69) is 41.0 Å². The van der Waals surface area contributed by atoms with Crippen molar-refractivity contribution < 1.29 is 4.79 Å². The van der Waals surface area contributed by atoms with Crippen molar-refractivity contribution in [2.75, 3.05) is 11.9 Å². The summed E-state index contributed by atoms with van der Waals surface area (Å²) in [4.78, 5) is 19.9. The molecule has 4 aromatic carbocycles. The molecule has 0 radical (unpaired) electrons. The van der Waals surface area contributed by atoms with Crippen LogP contribution < -0.4 is 15.5 Å². The third-order valence-electron chi connectivity index (χ3n) is 6.42. The van der Waals surface area contributed by atoms with E-state index in [1.165, 1.54) is 5.39 Å². The van der Waals surface area contributed by atoms with Crippen molar-refractivity contribution in [2.24, 2.45) is 4.99 Å². The van der Waals surface area contributed by atoms with Crippen LogP contribution in [0, 0.1) is 0 Å². The highest BCUT2D eigenvalue weighted by molar-refractivity contribution is 7.80. The van der Waals surface area contributed by atoms with E-state index in [1.54, 1.807) is 30.1 Å². The van der Waals surface area contributed by atoms with Gasteiger partial charge in [-0.15, -0.1) is 0 Å². The number of nitrogens with one attached hydrogen (secondary N) is 2. The van der Waals surface area contributed by atoms with Crippen LogP contribution in [0.1, 0.15) is 29.7 Å². The molecule has 5 nitrogen and oxygen atoms in total. The molecule has 0 aromatic heterocycles. The van der Waals surface area contributed by atoms with E-state index in [-0.39, 0.29) is 11.9 Å². The molecule has 0 aliphatic carbocycles. The van der Waals surface area contributed by atoms with Crippen molar-refractivity contribution in [2.45, 2.75) is 19.1 Å². The van der Waals surface area contributed by atoms with Crippen molar-refractivity contribution in [3.8, 4) is 0 Å². The first-order chi connectivity index (χ1) is 17.8. The van der Waals surface area contributed by atoms with Gasteiger partial charge >= 0.3 is 0 Å². The number of benzene rings is 4. The van der Waals surface area contributed by atoms with Gasteiger partial charge < -0.3 is 15.5 Å². The monoisotopic (exact) mass is 546 g/mol. The van der Waals surface area contributed by atoms with Crippen molar-refractivity contribution in [3.05, 3.63) is 112 Å². The number of thiocarbonyl (C=S) groups is 1. The van der Waals surface area contributed by atoms with Crippen LogP contribution in [0.25, 0.3) is 10.8 Å². The maximum Gasteiger partial charge on any atom is 0.272 e. The van der Waals surface area contributed by atoms with Gasteiger partial charge in [-0.1, -0.05) is 77.8 Å². The molecule has 0 saturated heterocycles. The Hall–Kier alpha value is -3.45. The highest BCUT2D eigenvalue weighted by atomic mass is 35.5. The van der Waals surface area contributed by atoms with Crippen LogP contribution >= 0.6 is 35.4 Å². The lowest BCUT2D eigenvalue weighted by Crippen LogP contribution is -2.49. The van der Waals surface area contributed by atoms with Crippen LogP contribution in [-0.2, 0) is 4.79 Å². The van der Waals surface area contributed by atoms with E-state index in [4.69, 9.17) is 40.4 Å². The van der Waals surface area contributed by atoms with Gasteiger partial charge in [0.05, 0.1) is 17.4 Å². The van der Waals surface area contributed by atoms with Crippen LogP contribution in [0.15, 0.2) is 89.9 Å². The second-order valence-electron chi connectivity index (χ2n) is 8.86. The number of halogens is 2. The van der Waals surface area contributed by atoms with E-state index in [9.17, 15) is 4.79 Å². The molecule has 2 unspecified atom stereocenters. The number of nitrogens with zero attached hydrogens (tertiary/aromatic N) is 2. The summed E-state index contributed by atoms with van der Waals surface area (Å²) in [6.07, 6.45) is -0.966. The number of hydrogen-bond donors (Lipinski definition) is 2. The fourth-order valence-electron chi connectivity index (χ4n) is 4.43. The Morgan fingerprint density at radius 1 is 0.946 bits per heavy atom. The Balaban J connectivity index is 1.45. The molecule has 1 heterocycles. The number of likely N-dealkylation sites (N-methyl/N-ethyl adjacent to an activating group) is 1. The smallest absolute Gasteiger partial charge is 0.272 e. The fourth-order valence-corrected chi connectivity index (χ4v) is 5.12. The van der Waals surface area contributed by atoms with Crippen LogP contribution in [0.4, 0.5) is 5.69 Å². The van der Waals surface area contributed by atoms with E-state index in [1.807, 2.05) is 43.3 Å². The summed E-state index contributed by atoms with van der Waals surface area (Å²) in [5.74, 6) is -0.256. The quantitative estimate of drug-likeness (QED) is 0.286. The number of aliphatic imine (C=N–C) groups is 1. The fraction of sp³-hybridized carbons (Fsp3) is 0.138. The maximum absolute atomic E-state index is 13.5. The zero-order chi connectivity index (χ0) is 26.1. The molecule has 1 aliphatic rings. The van der Waals surface area contributed by atoms with Crippen molar-refractivity contribution in [3.63, 3.8) is 0 Å². The van der Waals surface area contributed by atoms with Crippen molar-refractivity contribution in [1.82, 2.24) is 10.6 Å². The molecule has 0 fully saturated rings. The van der Waals surface area contributed by atoms with Gasteiger partial charge in [-0.25, -0.2) is 4.99 Å². The second kappa shape index (κ2) is 10.5. The zero-order valence-corrected chi connectivity index (χ0v) is 22.5. The maximum atomic E-state index is 13.5. The molecule has 0 saturated carbocycles. The number of carbonyl (C=O) groups excluding carboxylic acids is 1. The third kappa shape index (κ3) is 5.18. The highest BCUT2D eigenvalue weighted by Crippen LogP contribution is 2.32. The molecule has 2 atom stereocenters. The number of fused-ring (bicyclic) bond motifs is 2. The van der Waals surface area contributed by atoms with E-state index >= 15 is 0 Å². The standard InChI is InChI=1S/C29H24Cl2N4OS/c1-17(19-12-11-18-7-3-4-8-20(18)15-19)32-29(37)34-27-28(36)35(2)25-14-13-21(30)16-23(25)26(33-27)22-9-5-6-10-24(22)31/h3-17,27H,1-2H3,(H2,32,34,37). The average Bonchev–Trinajstić information content (AvgIpc) is 2.99. The third-order valence-corrected chi connectivity index (χ3v) is 7.22. The molecule has 0 spiro atoms. The van der Waals surface area contributed by atoms with Gasteiger partial charge in [0.25, 0.3) is 5.91 Å². The van der Waals surface area contributed by atoms with Gasteiger partial charge in [0.2, 0.25) is 6.17 Å². The molecule has 1 amide bonds. The lowest BCUT2D eigenvalue weighted by molar-refractivity contribution is -0.119. The molecule has 4 aromatic rings. The molecule has 2 N–H and O–H groups in total. The SMILES string of the molecule is CC(NC(=S)NC1N=C(c2ccccc2Cl)c2cc(Cl)ccc2N(C)C1=O)c1ccc2ccccc2c1. The van der Waals surface area contributed by atoms with Gasteiger partial charge in [-0.2, -0.15) is 0 Å². The molecular formula is C29H24Cl2N4OS.